The van der Waals surface area contributed by atoms with E-state index in [0.29, 0.717) is 5.75 Å². The third-order valence-corrected chi connectivity index (χ3v) is 7.79. The molecule has 0 heterocycles. The molecule has 2 aromatic rings. The van der Waals surface area contributed by atoms with Crippen LogP contribution in [0.2, 0.25) is 0 Å². The molecule has 0 spiro atoms. The van der Waals surface area contributed by atoms with Crippen LogP contribution in [0.15, 0.2) is 36.4 Å². The van der Waals surface area contributed by atoms with Gasteiger partial charge in [0.15, 0.2) is 34.7 Å². The molecule has 0 bridgehead atoms. The first-order valence-corrected chi connectivity index (χ1v) is 12.1. The molecule has 5 N–H and O–H groups in total. The van der Waals surface area contributed by atoms with Gasteiger partial charge in [-0.2, -0.15) is 0 Å². The van der Waals surface area contributed by atoms with Gasteiger partial charge >= 0.3 is 6.09 Å². The van der Waals surface area contributed by atoms with E-state index in [4.69, 9.17) is 15.2 Å². The fourth-order valence-corrected chi connectivity index (χ4v) is 5.97. The molecule has 5 rings (SSSR count). The minimum absolute atomic E-state index is 0.0121. The zero-order chi connectivity index (χ0) is 28.2. The molecule has 39 heavy (non-hydrogen) atoms. The molecule has 202 valence electrons. The van der Waals surface area contributed by atoms with Crippen LogP contribution in [-0.4, -0.2) is 58.1 Å². The molecule has 0 aromatic heterocycles. The number of hydrogen-bond acceptors (Lipinski definition) is 10. The zero-order valence-corrected chi connectivity index (χ0v) is 20.6. The topological polar surface area (TPSA) is 199 Å². The van der Waals surface area contributed by atoms with Crippen LogP contribution in [0.25, 0.3) is 0 Å². The van der Waals surface area contributed by atoms with E-state index in [-0.39, 0.29) is 35.4 Å². The van der Waals surface area contributed by atoms with E-state index in [0.717, 1.165) is 0 Å². The lowest BCUT2D eigenvalue weighted by molar-refractivity contribution is -0.175. The van der Waals surface area contributed by atoms with E-state index in [9.17, 15) is 39.0 Å². The minimum atomic E-state index is -2.73. The van der Waals surface area contributed by atoms with Gasteiger partial charge in [-0.05, 0) is 60.7 Å². The second-order valence-corrected chi connectivity index (χ2v) is 9.92. The van der Waals surface area contributed by atoms with Gasteiger partial charge in [0.25, 0.3) is 0 Å². The number of methoxy groups -OCH3 is 1. The van der Waals surface area contributed by atoms with Crippen molar-refractivity contribution >= 4 is 40.8 Å². The monoisotopic (exact) mass is 536 g/mol. The summed E-state index contributed by atoms with van der Waals surface area (Å²) in [5.74, 6) is -10.4. The number of Topliss-reactive ketones (excluding diaryl/α,β-unsaturated/α-hetero) is 4. The summed E-state index contributed by atoms with van der Waals surface area (Å²) in [6, 6.07) is 8.77. The quantitative estimate of drug-likeness (QED) is 0.322. The van der Waals surface area contributed by atoms with Crippen molar-refractivity contribution in [1.29, 1.82) is 0 Å². The van der Waals surface area contributed by atoms with Gasteiger partial charge in [-0.15, -0.1) is 0 Å². The predicted octanol–water partition coefficient (Wildman–Crippen LogP) is 0.946. The summed E-state index contributed by atoms with van der Waals surface area (Å²) in [5, 5.41) is 24.3. The summed E-state index contributed by atoms with van der Waals surface area (Å²) >= 11 is 0. The highest BCUT2D eigenvalue weighted by Gasteiger charge is 2.66. The molecule has 2 saturated carbocycles. The Balaban J connectivity index is 1.45. The summed E-state index contributed by atoms with van der Waals surface area (Å²) in [7, 11) is 1.49. The summed E-state index contributed by atoms with van der Waals surface area (Å²) < 4.78 is 10.3. The second kappa shape index (κ2) is 9.31. The number of phenolic OH excluding ortho intramolecular Hbond substituents is 1. The van der Waals surface area contributed by atoms with Crippen molar-refractivity contribution in [3.63, 3.8) is 0 Å². The van der Waals surface area contributed by atoms with Crippen LogP contribution in [0.1, 0.15) is 28.8 Å². The van der Waals surface area contributed by atoms with Crippen LogP contribution in [-0.2, 0) is 25.6 Å². The number of aliphatic hydroxyl groups is 1. The number of benzene rings is 2. The van der Waals surface area contributed by atoms with Gasteiger partial charge in [-0.1, -0.05) is 0 Å². The maximum Gasteiger partial charge on any atom is 0.417 e. The number of carbonyl (C=O) groups excluding carboxylic acids is 6. The van der Waals surface area contributed by atoms with Gasteiger partial charge in [0.2, 0.25) is 5.91 Å². The highest BCUT2D eigenvalue weighted by atomic mass is 16.6. The van der Waals surface area contributed by atoms with Crippen LogP contribution in [0.5, 0.6) is 17.2 Å². The minimum Gasteiger partial charge on any atom is -0.507 e. The Morgan fingerprint density at radius 2 is 1.67 bits per heavy atom. The Bertz CT molecular complexity index is 1450. The number of anilines is 1. The largest absolute Gasteiger partial charge is 0.507 e. The number of ketones is 4. The van der Waals surface area contributed by atoms with Crippen LogP contribution < -0.4 is 20.5 Å². The van der Waals surface area contributed by atoms with E-state index in [1.165, 1.54) is 31.4 Å². The van der Waals surface area contributed by atoms with Crippen molar-refractivity contribution in [2.75, 3.05) is 12.4 Å². The number of rotatable bonds is 4. The molecule has 2 aromatic carbocycles. The standard InChI is InChI=1S/C27H24N2O10/c1-38-13-2-4-14(5-3-13)39-26(36)29-16-6-7-17(30)20-15(16)9-11-8-12-10-18(31)21(25(28)35)24(34)27(12,37)23(33)19(11)22(20)32/h2-7,11-12,19,21,30,37H,8-10H2,1H3,(H2,28,35)(H,29,36)/t11-,12+,19?,21?,27+/m1/s1. The van der Waals surface area contributed by atoms with Crippen molar-refractivity contribution in [3.8, 4) is 17.2 Å². The number of primary amides is 1. The SMILES string of the molecule is COc1ccc(OC(=O)Nc2ccc(O)c3c2C[C@H]2C[C@H]4CC(=O)C(C(N)=O)C(=O)[C@@]4(O)C(=O)C2C3=O)cc1. The van der Waals surface area contributed by atoms with Crippen molar-refractivity contribution in [2.45, 2.75) is 24.9 Å². The average Bonchev–Trinajstić information content (AvgIpc) is 2.88. The number of carbonyl (C=O) groups is 6. The number of phenols is 1. The molecule has 2 amide bonds. The lowest BCUT2D eigenvalue weighted by atomic mass is 9.54. The van der Waals surface area contributed by atoms with Crippen molar-refractivity contribution in [3.05, 3.63) is 47.5 Å². The van der Waals surface area contributed by atoms with Crippen LogP contribution in [0, 0.1) is 23.7 Å². The van der Waals surface area contributed by atoms with Gasteiger partial charge in [0.1, 0.15) is 17.2 Å². The summed E-state index contributed by atoms with van der Waals surface area (Å²) in [6.07, 6.45) is -1.37. The van der Waals surface area contributed by atoms with Crippen LogP contribution >= 0.6 is 0 Å². The molecule has 2 unspecified atom stereocenters. The number of fused-ring (bicyclic) bond motifs is 3. The van der Waals surface area contributed by atoms with E-state index in [1.807, 2.05) is 0 Å². The highest BCUT2D eigenvalue weighted by molar-refractivity contribution is 6.31. The predicted molar refractivity (Wildman–Crippen MR) is 131 cm³/mol. The second-order valence-electron chi connectivity index (χ2n) is 9.92. The first kappa shape index (κ1) is 26.0. The maximum atomic E-state index is 13.6. The Hall–Kier alpha value is -4.58. The zero-order valence-electron chi connectivity index (χ0n) is 20.6. The van der Waals surface area contributed by atoms with E-state index < -0.39 is 76.6 Å². The van der Waals surface area contributed by atoms with Crippen molar-refractivity contribution in [1.82, 2.24) is 0 Å². The lowest BCUT2D eigenvalue weighted by Gasteiger charge is -2.48. The van der Waals surface area contributed by atoms with Crippen LogP contribution in [0.4, 0.5) is 10.5 Å². The molecular formula is C27H24N2O10. The number of nitrogens with two attached hydrogens (primary N) is 1. The fourth-order valence-electron chi connectivity index (χ4n) is 5.97. The third-order valence-electron chi connectivity index (χ3n) is 7.79. The highest BCUT2D eigenvalue weighted by Crippen LogP contribution is 2.50. The average molecular weight is 536 g/mol. The molecule has 0 aliphatic heterocycles. The molecule has 12 heteroatoms. The Morgan fingerprint density at radius 3 is 2.31 bits per heavy atom. The number of aromatic hydroxyl groups is 1. The first-order valence-electron chi connectivity index (χ1n) is 12.1. The van der Waals surface area contributed by atoms with Gasteiger partial charge in [-0.25, -0.2) is 4.79 Å². The molecule has 5 atom stereocenters. The summed E-state index contributed by atoms with van der Waals surface area (Å²) in [5.41, 5.74) is 2.62. The Labute approximate surface area is 221 Å². The number of amides is 2. The molecule has 0 saturated heterocycles. The molecule has 3 aliphatic carbocycles. The van der Waals surface area contributed by atoms with Gasteiger partial charge in [-0.3, -0.25) is 29.3 Å². The van der Waals surface area contributed by atoms with E-state index in [1.54, 1.807) is 12.1 Å². The van der Waals surface area contributed by atoms with Gasteiger partial charge in [0, 0.05) is 18.0 Å². The van der Waals surface area contributed by atoms with Crippen molar-refractivity contribution in [2.24, 2.45) is 29.4 Å². The number of ether oxygens (including phenoxy) is 2. The molecular weight excluding hydrogens is 512 g/mol. The molecule has 0 radical (unpaired) electrons. The summed E-state index contributed by atoms with van der Waals surface area (Å²) in [6.45, 7) is 0. The maximum absolute atomic E-state index is 13.6. The van der Waals surface area contributed by atoms with Gasteiger partial charge < -0.3 is 25.4 Å². The van der Waals surface area contributed by atoms with Crippen LogP contribution in [0.3, 0.4) is 0 Å². The Kier molecular flexibility index (Phi) is 6.22. The molecule has 3 aliphatic rings. The number of nitrogens with one attached hydrogen (secondary N) is 1. The van der Waals surface area contributed by atoms with E-state index >= 15 is 0 Å². The fraction of sp³-hybridized carbons (Fsp3) is 0.333. The molecule has 2 fully saturated rings. The number of hydrogen-bond donors (Lipinski definition) is 4. The van der Waals surface area contributed by atoms with Crippen molar-refractivity contribution < 1.29 is 48.5 Å². The lowest BCUT2D eigenvalue weighted by Crippen LogP contribution is -2.68. The first-order chi connectivity index (χ1) is 18.5. The summed E-state index contributed by atoms with van der Waals surface area (Å²) in [4.78, 5) is 76.8. The molecule has 12 nitrogen and oxygen atoms in total. The normalized spacial score (nSPS) is 27.6. The smallest absolute Gasteiger partial charge is 0.417 e. The van der Waals surface area contributed by atoms with Gasteiger partial charge in [0.05, 0.1) is 18.6 Å². The Morgan fingerprint density at radius 1 is 1.00 bits per heavy atom. The third kappa shape index (κ3) is 4.04. The van der Waals surface area contributed by atoms with E-state index in [2.05, 4.69) is 5.32 Å².